The topological polar surface area (TPSA) is 48.1 Å². The summed E-state index contributed by atoms with van der Waals surface area (Å²) in [4.78, 5) is 17.0. The van der Waals surface area contributed by atoms with Crippen molar-refractivity contribution < 1.29 is 0 Å². The van der Waals surface area contributed by atoms with Gasteiger partial charge in [0.25, 0.3) is 5.56 Å². The van der Waals surface area contributed by atoms with E-state index in [1.807, 2.05) is 36.4 Å². The van der Waals surface area contributed by atoms with E-state index in [4.69, 9.17) is 23.2 Å². The van der Waals surface area contributed by atoms with Gasteiger partial charge < -0.3 is 10.3 Å². The largest absolute Gasteiger partial charge is 0.381 e. The SMILES string of the molecule is O=c1[nH]ccc2cc(NC3CCCN(Cc4cc(Cl)cc(Cl)c4)C3)ccc12. The van der Waals surface area contributed by atoms with Crippen LogP contribution in [-0.4, -0.2) is 29.0 Å². The molecular weight excluding hydrogens is 381 g/mol. The number of aromatic nitrogens is 1. The number of pyridine rings is 1. The van der Waals surface area contributed by atoms with Gasteiger partial charge in [-0.2, -0.15) is 0 Å². The molecule has 1 aliphatic heterocycles. The van der Waals surface area contributed by atoms with Crippen molar-refractivity contribution in [2.45, 2.75) is 25.4 Å². The second-order valence-corrected chi connectivity index (χ2v) is 7.98. The number of benzene rings is 2. The molecule has 1 unspecified atom stereocenters. The molecule has 1 atom stereocenters. The van der Waals surface area contributed by atoms with Crippen molar-refractivity contribution in [3.63, 3.8) is 0 Å². The standard InChI is InChI=1S/C21H21Cl2N3O/c22-16-8-14(9-17(23)11-16)12-26-7-1-2-19(13-26)25-18-3-4-20-15(10-18)5-6-24-21(20)27/h3-6,8-11,19,25H,1-2,7,12-13H2,(H,24,27). The van der Waals surface area contributed by atoms with Crippen LogP contribution in [0.15, 0.2) is 53.5 Å². The van der Waals surface area contributed by atoms with E-state index in [0.29, 0.717) is 21.5 Å². The fourth-order valence-corrected chi connectivity index (χ4v) is 4.37. The van der Waals surface area contributed by atoms with E-state index in [2.05, 4.69) is 15.2 Å². The molecule has 2 heterocycles. The number of hydrogen-bond donors (Lipinski definition) is 2. The van der Waals surface area contributed by atoms with Crippen molar-refractivity contribution in [2.24, 2.45) is 0 Å². The second-order valence-electron chi connectivity index (χ2n) is 7.11. The van der Waals surface area contributed by atoms with E-state index in [9.17, 15) is 4.79 Å². The lowest BCUT2D eigenvalue weighted by Gasteiger charge is -2.33. The molecule has 4 nitrogen and oxygen atoms in total. The third-order valence-electron chi connectivity index (χ3n) is 4.98. The molecule has 0 saturated carbocycles. The van der Waals surface area contributed by atoms with E-state index < -0.39 is 0 Å². The smallest absolute Gasteiger partial charge is 0.255 e. The van der Waals surface area contributed by atoms with Crippen LogP contribution in [-0.2, 0) is 6.54 Å². The van der Waals surface area contributed by atoms with Gasteiger partial charge in [-0.05, 0) is 72.8 Å². The number of rotatable bonds is 4. The minimum Gasteiger partial charge on any atom is -0.381 e. The molecule has 1 fully saturated rings. The number of nitrogens with zero attached hydrogens (tertiary/aromatic N) is 1. The second kappa shape index (κ2) is 7.93. The normalized spacial score (nSPS) is 17.9. The molecule has 1 saturated heterocycles. The van der Waals surface area contributed by atoms with Gasteiger partial charge in [0.05, 0.1) is 0 Å². The summed E-state index contributed by atoms with van der Waals surface area (Å²) in [5.41, 5.74) is 2.13. The van der Waals surface area contributed by atoms with Crippen LogP contribution < -0.4 is 10.9 Å². The number of anilines is 1. The van der Waals surface area contributed by atoms with Crippen molar-refractivity contribution in [3.05, 3.63) is 74.6 Å². The molecule has 0 aliphatic carbocycles. The highest BCUT2D eigenvalue weighted by Crippen LogP contribution is 2.23. The van der Waals surface area contributed by atoms with Gasteiger partial charge in [-0.1, -0.05) is 23.2 Å². The van der Waals surface area contributed by atoms with Crippen LogP contribution in [0.4, 0.5) is 5.69 Å². The van der Waals surface area contributed by atoms with Crippen LogP contribution >= 0.6 is 23.2 Å². The first-order chi connectivity index (χ1) is 13.1. The number of fused-ring (bicyclic) bond motifs is 1. The number of likely N-dealkylation sites (tertiary alicyclic amines) is 1. The summed E-state index contributed by atoms with van der Waals surface area (Å²) >= 11 is 12.2. The predicted octanol–water partition coefficient (Wildman–Crippen LogP) is 4.91. The van der Waals surface area contributed by atoms with Crippen LogP contribution in [0.3, 0.4) is 0 Å². The van der Waals surface area contributed by atoms with Gasteiger partial charge in [0, 0.05) is 46.4 Å². The van der Waals surface area contributed by atoms with Crippen molar-refractivity contribution in [2.75, 3.05) is 18.4 Å². The zero-order valence-electron chi connectivity index (χ0n) is 14.8. The van der Waals surface area contributed by atoms with Crippen LogP contribution in [0, 0.1) is 0 Å². The van der Waals surface area contributed by atoms with Gasteiger partial charge in [0.2, 0.25) is 0 Å². The highest BCUT2D eigenvalue weighted by atomic mass is 35.5. The van der Waals surface area contributed by atoms with Gasteiger partial charge in [-0.15, -0.1) is 0 Å². The molecule has 0 amide bonds. The first-order valence-electron chi connectivity index (χ1n) is 9.12. The summed E-state index contributed by atoms with van der Waals surface area (Å²) in [6.45, 7) is 2.86. The molecule has 0 bridgehead atoms. The Morgan fingerprint density at radius 2 is 1.93 bits per heavy atom. The van der Waals surface area contributed by atoms with Crippen molar-refractivity contribution >= 4 is 39.7 Å². The minimum atomic E-state index is -0.0527. The van der Waals surface area contributed by atoms with Crippen LogP contribution in [0.1, 0.15) is 18.4 Å². The third kappa shape index (κ3) is 4.46. The summed E-state index contributed by atoms with van der Waals surface area (Å²) in [6.07, 6.45) is 3.95. The molecule has 4 rings (SSSR count). The molecule has 140 valence electrons. The molecular formula is C21H21Cl2N3O. The molecule has 0 spiro atoms. The summed E-state index contributed by atoms with van der Waals surface area (Å²) in [7, 11) is 0. The van der Waals surface area contributed by atoms with E-state index in [1.165, 1.54) is 0 Å². The lowest BCUT2D eigenvalue weighted by molar-refractivity contribution is 0.208. The highest BCUT2D eigenvalue weighted by Gasteiger charge is 2.20. The first kappa shape index (κ1) is 18.4. The molecule has 1 aromatic heterocycles. The highest BCUT2D eigenvalue weighted by molar-refractivity contribution is 6.34. The molecule has 0 radical (unpaired) electrons. The zero-order valence-corrected chi connectivity index (χ0v) is 16.4. The van der Waals surface area contributed by atoms with Gasteiger partial charge in [0.1, 0.15) is 0 Å². The van der Waals surface area contributed by atoms with Gasteiger partial charge in [-0.25, -0.2) is 0 Å². The average Bonchev–Trinajstić information content (AvgIpc) is 2.61. The van der Waals surface area contributed by atoms with Crippen LogP contribution in [0.5, 0.6) is 0 Å². The Balaban J connectivity index is 1.44. The quantitative estimate of drug-likeness (QED) is 0.652. The van der Waals surface area contributed by atoms with E-state index >= 15 is 0 Å². The summed E-state index contributed by atoms with van der Waals surface area (Å²) in [5.74, 6) is 0. The van der Waals surface area contributed by atoms with Gasteiger partial charge >= 0.3 is 0 Å². The zero-order chi connectivity index (χ0) is 18.8. The number of aromatic amines is 1. The third-order valence-corrected chi connectivity index (χ3v) is 5.41. The predicted molar refractivity (Wildman–Crippen MR) is 113 cm³/mol. The molecule has 3 aromatic rings. The maximum Gasteiger partial charge on any atom is 0.255 e. The Bertz CT molecular complexity index is 997. The lowest BCUT2D eigenvalue weighted by Crippen LogP contribution is -2.41. The van der Waals surface area contributed by atoms with Crippen molar-refractivity contribution in [1.29, 1.82) is 0 Å². The summed E-state index contributed by atoms with van der Waals surface area (Å²) in [6, 6.07) is 13.9. The Hall–Kier alpha value is -2.01. The van der Waals surface area contributed by atoms with E-state index in [1.54, 1.807) is 12.3 Å². The summed E-state index contributed by atoms with van der Waals surface area (Å²) < 4.78 is 0. The maximum absolute atomic E-state index is 11.8. The molecule has 2 aromatic carbocycles. The van der Waals surface area contributed by atoms with Crippen molar-refractivity contribution in [1.82, 2.24) is 9.88 Å². The average molecular weight is 402 g/mol. The minimum absolute atomic E-state index is 0.0527. The Morgan fingerprint density at radius 3 is 2.74 bits per heavy atom. The first-order valence-corrected chi connectivity index (χ1v) is 9.88. The lowest BCUT2D eigenvalue weighted by atomic mass is 10.0. The molecule has 2 N–H and O–H groups in total. The maximum atomic E-state index is 11.8. The fourth-order valence-electron chi connectivity index (χ4n) is 3.80. The van der Waals surface area contributed by atoms with Crippen LogP contribution in [0.2, 0.25) is 10.0 Å². The molecule has 6 heteroatoms. The van der Waals surface area contributed by atoms with Crippen LogP contribution in [0.25, 0.3) is 10.8 Å². The van der Waals surface area contributed by atoms with E-state index in [-0.39, 0.29) is 5.56 Å². The monoisotopic (exact) mass is 401 g/mol. The Labute approximate surface area is 168 Å². The number of nitrogens with one attached hydrogen (secondary N) is 2. The number of hydrogen-bond acceptors (Lipinski definition) is 3. The van der Waals surface area contributed by atoms with Gasteiger partial charge in [0.15, 0.2) is 0 Å². The summed E-state index contributed by atoms with van der Waals surface area (Å²) in [5, 5.41) is 6.64. The van der Waals surface area contributed by atoms with Gasteiger partial charge in [-0.3, -0.25) is 9.69 Å². The van der Waals surface area contributed by atoms with E-state index in [0.717, 1.165) is 49.1 Å². The Morgan fingerprint density at radius 1 is 1.11 bits per heavy atom. The number of H-pyrrole nitrogens is 1. The number of piperidine rings is 1. The fraction of sp³-hybridized carbons (Fsp3) is 0.286. The Kier molecular flexibility index (Phi) is 5.39. The molecule has 27 heavy (non-hydrogen) atoms. The van der Waals surface area contributed by atoms with Crippen molar-refractivity contribution in [3.8, 4) is 0 Å². The molecule has 1 aliphatic rings. The number of halogens is 2.